The van der Waals surface area contributed by atoms with Crippen LogP contribution in [0.4, 0.5) is 5.69 Å². The van der Waals surface area contributed by atoms with Crippen molar-refractivity contribution in [2.24, 2.45) is 5.73 Å². The second kappa shape index (κ2) is 5.93. The van der Waals surface area contributed by atoms with Gasteiger partial charge in [-0.25, -0.2) is 4.79 Å². The molecule has 0 aliphatic heterocycles. The zero-order chi connectivity index (χ0) is 14.8. The highest BCUT2D eigenvalue weighted by molar-refractivity contribution is 9.10. The van der Waals surface area contributed by atoms with Gasteiger partial charge in [-0.05, 0) is 47.0 Å². The van der Waals surface area contributed by atoms with E-state index in [-0.39, 0.29) is 17.9 Å². The number of carbonyl (C=O) groups excluding carboxylic acids is 1. The number of carboxylic acid groups (broad SMARTS) is 1. The van der Waals surface area contributed by atoms with Gasteiger partial charge in [-0.3, -0.25) is 4.79 Å². The monoisotopic (exact) mass is 340 g/mol. The van der Waals surface area contributed by atoms with Crippen molar-refractivity contribution in [2.75, 3.05) is 5.32 Å². The Balaban J connectivity index is 2.04. The number of benzene rings is 1. The Morgan fingerprint density at radius 3 is 2.60 bits per heavy atom. The highest BCUT2D eigenvalue weighted by atomic mass is 79.9. The summed E-state index contributed by atoms with van der Waals surface area (Å²) in [5, 5.41) is 11.7. The Bertz CT molecular complexity index is 539. The molecule has 1 aliphatic rings. The van der Waals surface area contributed by atoms with Gasteiger partial charge in [0.2, 0.25) is 5.91 Å². The van der Waals surface area contributed by atoms with E-state index in [0.717, 1.165) is 25.7 Å². The van der Waals surface area contributed by atoms with Crippen LogP contribution < -0.4 is 11.1 Å². The van der Waals surface area contributed by atoms with Crippen LogP contribution in [0.15, 0.2) is 22.7 Å². The summed E-state index contributed by atoms with van der Waals surface area (Å²) in [4.78, 5) is 23.0. The first-order chi connectivity index (χ1) is 9.39. The van der Waals surface area contributed by atoms with Crippen LogP contribution in [0, 0.1) is 0 Å². The van der Waals surface area contributed by atoms with Gasteiger partial charge in [-0.1, -0.05) is 12.8 Å². The van der Waals surface area contributed by atoms with Gasteiger partial charge in [0, 0.05) is 22.1 Å². The summed E-state index contributed by atoms with van der Waals surface area (Å²) in [6.07, 6.45) is 4.12. The Morgan fingerprint density at radius 2 is 2.00 bits per heavy atom. The molecule has 20 heavy (non-hydrogen) atoms. The molecule has 1 aromatic rings. The van der Waals surface area contributed by atoms with Crippen molar-refractivity contribution in [1.82, 2.24) is 0 Å². The summed E-state index contributed by atoms with van der Waals surface area (Å²) < 4.78 is 0.481. The summed E-state index contributed by atoms with van der Waals surface area (Å²) in [6.45, 7) is 0. The lowest BCUT2D eigenvalue weighted by molar-refractivity contribution is -0.117. The van der Waals surface area contributed by atoms with E-state index in [1.165, 1.54) is 6.07 Å². The second-order valence-electron chi connectivity index (χ2n) is 5.29. The minimum Gasteiger partial charge on any atom is -0.478 e. The number of nitrogens with two attached hydrogens (primary N) is 1. The Hall–Kier alpha value is -1.40. The van der Waals surface area contributed by atoms with Crippen LogP contribution in [-0.2, 0) is 4.79 Å². The number of hydrogen-bond donors (Lipinski definition) is 3. The fraction of sp³-hybridized carbons (Fsp3) is 0.429. The topological polar surface area (TPSA) is 92.4 Å². The third-order valence-corrected chi connectivity index (χ3v) is 4.28. The summed E-state index contributed by atoms with van der Waals surface area (Å²) in [6, 6.07) is 4.70. The number of halogens is 1. The van der Waals surface area contributed by atoms with Crippen molar-refractivity contribution in [3.63, 3.8) is 0 Å². The average molecular weight is 341 g/mol. The molecule has 0 radical (unpaired) electrons. The van der Waals surface area contributed by atoms with Crippen LogP contribution in [0.3, 0.4) is 0 Å². The van der Waals surface area contributed by atoms with Crippen molar-refractivity contribution in [1.29, 1.82) is 0 Å². The van der Waals surface area contributed by atoms with E-state index in [0.29, 0.717) is 10.2 Å². The number of rotatable bonds is 4. The van der Waals surface area contributed by atoms with Gasteiger partial charge < -0.3 is 16.2 Å². The third kappa shape index (κ3) is 3.58. The lowest BCUT2D eigenvalue weighted by Gasteiger charge is -2.22. The molecular weight excluding hydrogens is 324 g/mol. The van der Waals surface area contributed by atoms with E-state index in [1.807, 2.05) is 0 Å². The predicted octanol–water partition coefficient (Wildman–Crippen LogP) is 2.75. The first kappa shape index (κ1) is 15.0. The molecule has 0 atom stereocenters. The maximum Gasteiger partial charge on any atom is 0.336 e. The predicted molar refractivity (Wildman–Crippen MR) is 79.7 cm³/mol. The van der Waals surface area contributed by atoms with Crippen molar-refractivity contribution in [2.45, 2.75) is 37.6 Å². The fourth-order valence-corrected chi connectivity index (χ4v) is 2.96. The number of nitrogens with one attached hydrogen (secondary N) is 1. The number of hydrogen-bond acceptors (Lipinski definition) is 3. The van der Waals surface area contributed by atoms with Crippen LogP contribution in [0.2, 0.25) is 0 Å². The molecule has 1 saturated carbocycles. The summed E-state index contributed by atoms with van der Waals surface area (Å²) in [7, 11) is 0. The van der Waals surface area contributed by atoms with Gasteiger partial charge in [-0.2, -0.15) is 0 Å². The molecule has 1 amide bonds. The molecular formula is C14H17BrN2O3. The quantitative estimate of drug-likeness (QED) is 0.785. The molecule has 0 spiro atoms. The Morgan fingerprint density at radius 1 is 1.35 bits per heavy atom. The first-order valence-corrected chi connectivity index (χ1v) is 7.30. The maximum atomic E-state index is 12.0. The number of aromatic carboxylic acids is 1. The van der Waals surface area contributed by atoms with Crippen molar-refractivity contribution < 1.29 is 14.7 Å². The lowest BCUT2D eigenvalue weighted by Crippen LogP contribution is -2.40. The number of anilines is 1. The molecule has 6 heteroatoms. The smallest absolute Gasteiger partial charge is 0.336 e. The Kier molecular flexibility index (Phi) is 4.45. The van der Waals surface area contributed by atoms with E-state index in [9.17, 15) is 9.59 Å². The standard InChI is InChI=1S/C14H17BrN2O3/c15-11-4-3-9(7-10(11)13(19)20)17-12(18)8-14(16)5-1-2-6-14/h3-4,7H,1-2,5-6,8,16H2,(H,17,18)(H,19,20). The molecule has 1 fully saturated rings. The van der Waals surface area contributed by atoms with E-state index < -0.39 is 11.5 Å². The van der Waals surface area contributed by atoms with Gasteiger partial charge in [0.1, 0.15) is 0 Å². The first-order valence-electron chi connectivity index (χ1n) is 6.51. The molecule has 4 N–H and O–H groups in total. The maximum absolute atomic E-state index is 12.0. The molecule has 1 aromatic carbocycles. The number of carbonyl (C=O) groups is 2. The largest absolute Gasteiger partial charge is 0.478 e. The number of carboxylic acids is 1. The van der Waals surface area contributed by atoms with E-state index in [4.69, 9.17) is 10.8 Å². The SMILES string of the molecule is NC1(CC(=O)Nc2ccc(Br)c(C(=O)O)c2)CCCC1. The van der Waals surface area contributed by atoms with Crippen molar-refractivity contribution in [3.05, 3.63) is 28.2 Å². The molecule has 0 bridgehead atoms. The highest BCUT2D eigenvalue weighted by Crippen LogP contribution is 2.30. The second-order valence-corrected chi connectivity index (χ2v) is 6.15. The molecule has 0 aromatic heterocycles. The van der Waals surface area contributed by atoms with Crippen molar-refractivity contribution in [3.8, 4) is 0 Å². The zero-order valence-corrected chi connectivity index (χ0v) is 12.6. The molecule has 108 valence electrons. The van der Waals surface area contributed by atoms with Gasteiger partial charge in [0.25, 0.3) is 0 Å². The van der Waals surface area contributed by atoms with Crippen LogP contribution >= 0.6 is 15.9 Å². The molecule has 0 heterocycles. The molecule has 0 saturated heterocycles. The summed E-state index contributed by atoms with van der Waals surface area (Å²) in [5.74, 6) is -1.22. The van der Waals surface area contributed by atoms with E-state index >= 15 is 0 Å². The lowest BCUT2D eigenvalue weighted by atomic mass is 9.94. The van der Waals surface area contributed by atoms with E-state index in [2.05, 4.69) is 21.2 Å². The average Bonchev–Trinajstić information content (AvgIpc) is 2.77. The zero-order valence-electron chi connectivity index (χ0n) is 11.0. The minimum atomic E-state index is -1.04. The molecule has 2 rings (SSSR count). The van der Waals surface area contributed by atoms with Crippen LogP contribution in [-0.4, -0.2) is 22.5 Å². The molecule has 1 aliphatic carbocycles. The highest BCUT2D eigenvalue weighted by Gasteiger charge is 2.31. The van der Waals surface area contributed by atoms with Gasteiger partial charge in [-0.15, -0.1) is 0 Å². The van der Waals surface area contributed by atoms with Crippen molar-refractivity contribution >= 4 is 33.5 Å². The summed E-state index contributed by atoms with van der Waals surface area (Å²) >= 11 is 3.16. The third-order valence-electron chi connectivity index (χ3n) is 3.59. The van der Waals surface area contributed by atoms with Crippen LogP contribution in [0.5, 0.6) is 0 Å². The van der Waals surface area contributed by atoms with Gasteiger partial charge in [0.15, 0.2) is 0 Å². The van der Waals surface area contributed by atoms with E-state index in [1.54, 1.807) is 12.1 Å². The summed E-state index contributed by atoms with van der Waals surface area (Å²) in [5.41, 5.74) is 6.33. The fourth-order valence-electron chi connectivity index (χ4n) is 2.55. The normalized spacial score (nSPS) is 16.9. The minimum absolute atomic E-state index is 0.117. The van der Waals surface area contributed by atoms with Crippen LogP contribution in [0.1, 0.15) is 42.5 Å². The molecule has 0 unspecified atom stereocenters. The molecule has 5 nitrogen and oxygen atoms in total. The van der Waals surface area contributed by atoms with Crippen LogP contribution in [0.25, 0.3) is 0 Å². The van der Waals surface area contributed by atoms with Gasteiger partial charge >= 0.3 is 5.97 Å². The Labute approximate surface area is 125 Å². The van der Waals surface area contributed by atoms with Gasteiger partial charge in [0.05, 0.1) is 5.56 Å². The number of amides is 1.